The summed E-state index contributed by atoms with van der Waals surface area (Å²) in [5, 5.41) is 3.58. The van der Waals surface area contributed by atoms with Crippen molar-refractivity contribution in [3.05, 3.63) is 65.1 Å². The third-order valence-corrected chi connectivity index (χ3v) is 3.88. The van der Waals surface area contributed by atoms with E-state index in [-0.39, 0.29) is 11.7 Å². The molecular weight excluding hydrogens is 295 g/mol. The molecule has 2 aromatic carbocycles. The molecule has 1 heterocycles. The standard InChI is InChI=1S/C18H17FN2O2/c1-11-14-9-13(19)7-8-15(14)21-17(11)18(22)20-10-12-5-3-4-6-16(12)23-2/h3-9,21H,10H2,1-2H3,(H,20,22). The Balaban J connectivity index is 1.82. The molecule has 0 fully saturated rings. The Morgan fingerprint density at radius 3 is 2.83 bits per heavy atom. The van der Waals surface area contributed by atoms with Crippen molar-refractivity contribution >= 4 is 16.8 Å². The molecule has 1 aromatic heterocycles. The molecule has 0 unspecified atom stereocenters. The number of aromatic amines is 1. The van der Waals surface area contributed by atoms with Gasteiger partial charge in [-0.05, 0) is 36.8 Å². The topological polar surface area (TPSA) is 54.1 Å². The summed E-state index contributed by atoms with van der Waals surface area (Å²) < 4.78 is 18.6. The monoisotopic (exact) mass is 312 g/mol. The van der Waals surface area contributed by atoms with Crippen molar-refractivity contribution in [2.75, 3.05) is 7.11 Å². The van der Waals surface area contributed by atoms with E-state index in [0.29, 0.717) is 17.6 Å². The molecule has 0 radical (unpaired) electrons. The average molecular weight is 312 g/mol. The highest BCUT2D eigenvalue weighted by Crippen LogP contribution is 2.23. The maximum atomic E-state index is 13.4. The van der Waals surface area contributed by atoms with Gasteiger partial charge >= 0.3 is 0 Å². The highest BCUT2D eigenvalue weighted by molar-refractivity contribution is 6.00. The number of aryl methyl sites for hydroxylation is 1. The molecule has 2 N–H and O–H groups in total. The predicted molar refractivity (Wildman–Crippen MR) is 87.2 cm³/mol. The van der Waals surface area contributed by atoms with Crippen molar-refractivity contribution in [2.24, 2.45) is 0 Å². The van der Waals surface area contributed by atoms with Crippen LogP contribution in [-0.4, -0.2) is 18.0 Å². The number of amides is 1. The zero-order valence-corrected chi connectivity index (χ0v) is 12.9. The second-order valence-electron chi connectivity index (χ2n) is 5.31. The first kappa shape index (κ1) is 15.1. The number of rotatable bonds is 4. The van der Waals surface area contributed by atoms with E-state index in [1.807, 2.05) is 24.3 Å². The molecule has 1 amide bonds. The average Bonchev–Trinajstić information content (AvgIpc) is 2.89. The van der Waals surface area contributed by atoms with Gasteiger partial charge in [0.1, 0.15) is 17.3 Å². The smallest absolute Gasteiger partial charge is 0.268 e. The highest BCUT2D eigenvalue weighted by Gasteiger charge is 2.15. The Bertz CT molecular complexity index is 871. The third-order valence-electron chi connectivity index (χ3n) is 3.88. The van der Waals surface area contributed by atoms with Gasteiger partial charge in [0, 0.05) is 23.0 Å². The van der Waals surface area contributed by atoms with Crippen molar-refractivity contribution in [1.82, 2.24) is 10.3 Å². The van der Waals surface area contributed by atoms with E-state index in [9.17, 15) is 9.18 Å². The molecule has 118 valence electrons. The van der Waals surface area contributed by atoms with Gasteiger partial charge in [-0.1, -0.05) is 18.2 Å². The number of carbonyl (C=O) groups is 1. The molecule has 0 spiro atoms. The fourth-order valence-corrected chi connectivity index (χ4v) is 2.64. The van der Waals surface area contributed by atoms with Gasteiger partial charge in [0.15, 0.2) is 0 Å². The van der Waals surface area contributed by atoms with Gasteiger partial charge in [-0.25, -0.2) is 4.39 Å². The summed E-state index contributed by atoms with van der Waals surface area (Å²) in [6.45, 7) is 2.16. The number of ether oxygens (including phenoxy) is 1. The second-order valence-corrected chi connectivity index (χ2v) is 5.31. The molecule has 0 atom stereocenters. The first-order valence-electron chi connectivity index (χ1n) is 7.28. The van der Waals surface area contributed by atoms with Gasteiger partial charge in [0.05, 0.1) is 7.11 Å². The molecule has 4 nitrogen and oxygen atoms in total. The quantitative estimate of drug-likeness (QED) is 0.774. The number of fused-ring (bicyclic) bond motifs is 1. The predicted octanol–water partition coefficient (Wildman–Crippen LogP) is 3.55. The molecule has 5 heteroatoms. The largest absolute Gasteiger partial charge is 0.496 e. The minimum Gasteiger partial charge on any atom is -0.496 e. The minimum absolute atomic E-state index is 0.231. The second kappa shape index (κ2) is 6.12. The molecule has 3 rings (SSSR count). The van der Waals surface area contributed by atoms with Crippen LogP contribution in [0.2, 0.25) is 0 Å². The number of para-hydroxylation sites is 1. The lowest BCUT2D eigenvalue weighted by molar-refractivity contribution is 0.0946. The van der Waals surface area contributed by atoms with Gasteiger partial charge in [-0.3, -0.25) is 4.79 Å². The number of aromatic nitrogens is 1. The molecule has 0 aliphatic rings. The van der Waals surface area contributed by atoms with Crippen molar-refractivity contribution in [2.45, 2.75) is 13.5 Å². The van der Waals surface area contributed by atoms with E-state index in [1.165, 1.54) is 12.1 Å². The third kappa shape index (κ3) is 2.90. The van der Waals surface area contributed by atoms with Gasteiger partial charge < -0.3 is 15.0 Å². The van der Waals surface area contributed by atoms with Crippen LogP contribution in [0.4, 0.5) is 4.39 Å². The number of hydrogen-bond donors (Lipinski definition) is 2. The van der Waals surface area contributed by atoms with E-state index in [0.717, 1.165) is 22.4 Å². The fraction of sp³-hybridized carbons (Fsp3) is 0.167. The van der Waals surface area contributed by atoms with Gasteiger partial charge in [-0.15, -0.1) is 0 Å². The van der Waals surface area contributed by atoms with Crippen LogP contribution in [0.5, 0.6) is 5.75 Å². The van der Waals surface area contributed by atoms with Gasteiger partial charge in [0.25, 0.3) is 5.91 Å². The molecule has 3 aromatic rings. The SMILES string of the molecule is COc1ccccc1CNC(=O)c1[nH]c2ccc(F)cc2c1C. The van der Waals surface area contributed by atoms with Crippen molar-refractivity contribution in [3.8, 4) is 5.75 Å². The van der Waals surface area contributed by atoms with Crippen LogP contribution >= 0.6 is 0 Å². The van der Waals surface area contributed by atoms with Crippen LogP contribution in [0.15, 0.2) is 42.5 Å². The number of halogens is 1. The maximum Gasteiger partial charge on any atom is 0.268 e. The highest BCUT2D eigenvalue weighted by atomic mass is 19.1. The molecule has 0 saturated carbocycles. The zero-order valence-electron chi connectivity index (χ0n) is 12.9. The summed E-state index contributed by atoms with van der Waals surface area (Å²) in [5.41, 5.74) is 2.81. The first-order chi connectivity index (χ1) is 11.1. The lowest BCUT2D eigenvalue weighted by atomic mass is 10.1. The summed E-state index contributed by atoms with van der Waals surface area (Å²) in [5.74, 6) is 0.175. The van der Waals surface area contributed by atoms with Crippen LogP contribution in [-0.2, 0) is 6.54 Å². The Morgan fingerprint density at radius 2 is 2.04 bits per heavy atom. The fourth-order valence-electron chi connectivity index (χ4n) is 2.64. The number of methoxy groups -OCH3 is 1. The first-order valence-corrected chi connectivity index (χ1v) is 7.28. The summed E-state index contributed by atoms with van der Waals surface area (Å²) in [7, 11) is 1.59. The van der Waals surface area contributed by atoms with Crippen LogP contribution in [0.3, 0.4) is 0 Å². The minimum atomic E-state index is -0.319. The number of benzene rings is 2. The van der Waals surface area contributed by atoms with Crippen LogP contribution in [0.1, 0.15) is 21.6 Å². The summed E-state index contributed by atoms with van der Waals surface area (Å²) >= 11 is 0. The van der Waals surface area contributed by atoms with Crippen molar-refractivity contribution < 1.29 is 13.9 Å². The Labute approximate surface area is 133 Å². The number of nitrogens with one attached hydrogen (secondary N) is 2. The number of carbonyl (C=O) groups excluding carboxylic acids is 1. The van der Waals surface area contributed by atoms with Crippen molar-refractivity contribution in [1.29, 1.82) is 0 Å². The molecule has 0 bridgehead atoms. The Kier molecular flexibility index (Phi) is 4.02. The van der Waals surface area contributed by atoms with E-state index < -0.39 is 0 Å². The molecule has 0 aliphatic carbocycles. The summed E-state index contributed by atoms with van der Waals surface area (Å²) in [4.78, 5) is 15.5. The normalized spacial score (nSPS) is 10.7. The van der Waals surface area contributed by atoms with Gasteiger partial charge in [-0.2, -0.15) is 0 Å². The lowest BCUT2D eigenvalue weighted by Crippen LogP contribution is -2.24. The molecule has 0 saturated heterocycles. The van der Waals surface area contributed by atoms with Crippen LogP contribution in [0, 0.1) is 12.7 Å². The van der Waals surface area contributed by atoms with E-state index in [2.05, 4.69) is 10.3 Å². The Hall–Kier alpha value is -2.82. The molecular formula is C18H17FN2O2. The zero-order chi connectivity index (χ0) is 16.4. The molecule has 0 aliphatic heterocycles. The van der Waals surface area contributed by atoms with E-state index >= 15 is 0 Å². The van der Waals surface area contributed by atoms with E-state index in [4.69, 9.17) is 4.74 Å². The Morgan fingerprint density at radius 1 is 1.26 bits per heavy atom. The summed E-state index contributed by atoms with van der Waals surface area (Å²) in [6, 6.07) is 11.9. The van der Waals surface area contributed by atoms with Gasteiger partial charge in [0.2, 0.25) is 0 Å². The van der Waals surface area contributed by atoms with Crippen molar-refractivity contribution in [3.63, 3.8) is 0 Å². The van der Waals surface area contributed by atoms with Crippen LogP contribution in [0.25, 0.3) is 10.9 Å². The van der Waals surface area contributed by atoms with E-state index in [1.54, 1.807) is 20.1 Å². The lowest BCUT2D eigenvalue weighted by Gasteiger charge is -2.09. The molecule has 23 heavy (non-hydrogen) atoms. The van der Waals surface area contributed by atoms with Crippen LogP contribution < -0.4 is 10.1 Å². The summed E-state index contributed by atoms with van der Waals surface area (Å²) in [6.07, 6.45) is 0. The maximum absolute atomic E-state index is 13.4. The number of hydrogen-bond acceptors (Lipinski definition) is 2. The number of H-pyrrole nitrogens is 1.